The van der Waals surface area contributed by atoms with E-state index in [1.807, 2.05) is 182 Å². The number of nitrogens with zero attached hydrogens (tertiary/aromatic N) is 5. The van der Waals surface area contributed by atoms with Gasteiger partial charge in [-0.25, -0.2) is 19.1 Å². The first kappa shape index (κ1) is 54.9. The summed E-state index contributed by atoms with van der Waals surface area (Å²) < 4.78 is 25.2. The maximum atomic E-state index is 15.0. The first-order valence-corrected chi connectivity index (χ1v) is 29.1. The van der Waals surface area contributed by atoms with Crippen LogP contribution < -0.4 is 19.9 Å². The summed E-state index contributed by atoms with van der Waals surface area (Å²) in [6.07, 6.45) is 1.61. The number of thioether (sulfide) groups is 2. The van der Waals surface area contributed by atoms with E-state index < -0.39 is 52.9 Å². The van der Waals surface area contributed by atoms with Gasteiger partial charge >= 0.3 is 11.9 Å². The van der Waals surface area contributed by atoms with Gasteiger partial charge in [-0.05, 0) is 58.0 Å². The van der Waals surface area contributed by atoms with E-state index in [0.29, 0.717) is 44.1 Å². The Morgan fingerprint density at radius 1 is 0.817 bits per heavy atom. The fraction of sp³-hybridized carbons (Fsp3) is 0.175. The van der Waals surface area contributed by atoms with E-state index in [4.69, 9.17) is 28.4 Å². The molecule has 9 aromatic rings. The second kappa shape index (κ2) is 24.8. The third-order valence-electron chi connectivity index (χ3n) is 13.8. The molecule has 0 aliphatic carbocycles. The predicted octanol–water partition coefficient (Wildman–Crippen LogP) is 10.2. The van der Waals surface area contributed by atoms with Crippen molar-refractivity contribution in [1.82, 2.24) is 20.2 Å². The topological polar surface area (TPSA) is 188 Å². The molecular weight excluding hydrogens is 1090 g/mol. The molecule has 0 radical (unpaired) electrons. The quantitative estimate of drug-likeness (QED) is 0.0132. The first-order chi connectivity index (χ1) is 40.1. The fourth-order valence-electron chi connectivity index (χ4n) is 9.65. The molecule has 2 amide bonds. The number of ether oxygens (including phenoxy) is 3. The van der Waals surface area contributed by atoms with Crippen LogP contribution in [0.1, 0.15) is 52.1 Å². The van der Waals surface area contributed by atoms with E-state index in [-0.39, 0.29) is 29.5 Å². The van der Waals surface area contributed by atoms with Crippen molar-refractivity contribution in [2.45, 2.75) is 47.9 Å². The molecule has 2 N–H and O–H groups in total. The Labute approximate surface area is 485 Å². The largest absolute Gasteiger partial charge is 0.497 e. The average molecular weight is 1150 g/mol. The molecule has 82 heavy (non-hydrogen) atoms. The van der Waals surface area contributed by atoms with Gasteiger partial charge in [0.25, 0.3) is 17.0 Å². The normalized spacial score (nSPS) is 15.5. The van der Waals surface area contributed by atoms with Crippen molar-refractivity contribution in [3.8, 4) is 5.75 Å². The number of methoxy groups -OCH3 is 1. The Kier molecular flexibility index (Phi) is 16.6. The Morgan fingerprint density at radius 2 is 1.41 bits per heavy atom. The number of aryl methyl sites for hydroxylation is 1. The smallest absolute Gasteiger partial charge is 0.355 e. The molecule has 11 rings (SSSR count). The summed E-state index contributed by atoms with van der Waals surface area (Å²) in [6, 6.07) is 56.4. The lowest BCUT2D eigenvalue weighted by atomic mass is 9.77. The maximum absolute atomic E-state index is 15.0. The maximum Gasteiger partial charge on any atom is 0.355 e. The van der Waals surface area contributed by atoms with Crippen LogP contribution in [0.5, 0.6) is 5.75 Å². The molecule has 412 valence electrons. The number of carbonyl (C=O) groups excluding carboxylic acids is 4. The standard InChI is InChI=1S/C63H53N7O9S3/c1-40(59(73)78-55(42-19-9-4-10-20-42)43-21-11-5-12-22-43)79-68-52(50-39-81-61(64-50)67-63(45-23-13-6-14-24-45,46-25-15-7-16-26-46)47-27-17-8-18-28-47)56(71)66-53-57(72)70-54(60(74)76-36-41-29-31-48(75-3)32-30-41)44(37-80-58(53)70)38-82-62-65-49-35-69(2)34-33-51(49)77-62/h4-35,39-40,53,55,58H,36-38H2,1-3H3,(H-,64,66,67,71)/p+1/b68-52-/t40-,53?,58-/m0/s1. The summed E-state index contributed by atoms with van der Waals surface area (Å²) in [4.78, 5) is 74.9. The number of β-lactam (4-membered cyclic amide) rings is 1. The van der Waals surface area contributed by atoms with E-state index in [1.165, 1.54) is 46.7 Å². The highest BCUT2D eigenvalue weighted by Crippen LogP contribution is 2.44. The number of hydrogen-bond acceptors (Lipinski definition) is 16. The van der Waals surface area contributed by atoms with Crippen LogP contribution in [0.15, 0.2) is 226 Å². The van der Waals surface area contributed by atoms with Crippen LogP contribution in [0.3, 0.4) is 0 Å². The van der Waals surface area contributed by atoms with Crippen LogP contribution in [0.4, 0.5) is 5.13 Å². The zero-order chi connectivity index (χ0) is 56.6. The highest BCUT2D eigenvalue weighted by molar-refractivity contribution is 8.01. The number of pyridine rings is 1. The highest BCUT2D eigenvalue weighted by Gasteiger charge is 2.55. The summed E-state index contributed by atoms with van der Waals surface area (Å²) in [5.74, 6) is -1.63. The second-order valence-electron chi connectivity index (χ2n) is 19.2. The van der Waals surface area contributed by atoms with Crippen molar-refractivity contribution in [3.05, 3.63) is 250 Å². The summed E-state index contributed by atoms with van der Waals surface area (Å²) >= 11 is 3.90. The van der Waals surface area contributed by atoms with Gasteiger partial charge < -0.3 is 34.1 Å². The van der Waals surface area contributed by atoms with Gasteiger partial charge in [-0.15, -0.1) is 23.1 Å². The number of benzene rings is 6. The number of fused-ring (bicyclic) bond motifs is 2. The molecule has 2 aliphatic heterocycles. The lowest BCUT2D eigenvalue weighted by Gasteiger charge is -2.49. The van der Waals surface area contributed by atoms with Crippen LogP contribution in [-0.4, -0.2) is 80.5 Å². The van der Waals surface area contributed by atoms with E-state index >= 15 is 0 Å². The van der Waals surface area contributed by atoms with Crippen molar-refractivity contribution in [2.75, 3.05) is 23.9 Å². The third-order valence-corrected chi connectivity index (χ3v) is 16.8. The van der Waals surface area contributed by atoms with E-state index in [2.05, 4.69) is 20.8 Å². The zero-order valence-electron chi connectivity index (χ0n) is 44.6. The summed E-state index contributed by atoms with van der Waals surface area (Å²) in [5, 5.41) is 12.7. The zero-order valence-corrected chi connectivity index (χ0v) is 47.1. The molecule has 16 nitrogen and oxygen atoms in total. The fourth-order valence-corrected chi connectivity index (χ4v) is 12.7. The van der Waals surface area contributed by atoms with Crippen molar-refractivity contribution in [2.24, 2.45) is 12.2 Å². The molecular formula is C63H54N7O9S3+. The third kappa shape index (κ3) is 11.7. The van der Waals surface area contributed by atoms with Crippen LogP contribution >= 0.6 is 34.9 Å². The van der Waals surface area contributed by atoms with Gasteiger partial charge in [0, 0.05) is 23.0 Å². The SMILES string of the molecule is COc1ccc(COC(=O)C2=C(CSc3nc4c[n+](C)ccc4o3)CS[C@H]3C(NC(=O)/C(=N\O[C@@H](C)C(=O)OC(c4ccccc4)c4ccccc4)c4csc(NC(c5ccccc5)(c5ccccc5)c5ccccc5)n4)C(=O)N23)cc1. The van der Waals surface area contributed by atoms with Gasteiger partial charge in [0.2, 0.25) is 6.10 Å². The summed E-state index contributed by atoms with van der Waals surface area (Å²) in [6.45, 7) is 1.40. The number of oxazole rings is 1. The van der Waals surface area contributed by atoms with E-state index in [9.17, 15) is 19.2 Å². The van der Waals surface area contributed by atoms with Crippen molar-refractivity contribution < 1.29 is 47.2 Å². The molecule has 2 aliphatic rings. The Hall–Kier alpha value is -9.04. The predicted molar refractivity (Wildman–Crippen MR) is 314 cm³/mol. The molecule has 1 fully saturated rings. The van der Waals surface area contributed by atoms with Crippen molar-refractivity contribution in [1.29, 1.82) is 0 Å². The van der Waals surface area contributed by atoms with Crippen LogP contribution in [0.2, 0.25) is 0 Å². The number of esters is 2. The van der Waals surface area contributed by atoms with Gasteiger partial charge in [0.1, 0.15) is 47.7 Å². The van der Waals surface area contributed by atoms with E-state index in [0.717, 1.165) is 27.8 Å². The highest BCUT2D eigenvalue weighted by atomic mass is 32.2. The lowest BCUT2D eigenvalue weighted by molar-refractivity contribution is -0.670. The molecule has 19 heteroatoms. The number of thiazole rings is 1. The van der Waals surface area contributed by atoms with Gasteiger partial charge in [-0.3, -0.25) is 14.5 Å². The molecule has 1 unspecified atom stereocenters. The Bertz CT molecular complexity index is 3660. The molecule has 0 spiro atoms. The first-order valence-electron chi connectivity index (χ1n) is 26.2. The van der Waals surface area contributed by atoms with E-state index in [1.54, 1.807) is 36.8 Å². The number of oxime groups is 1. The average Bonchev–Trinajstić information content (AvgIpc) is 3.96. The monoisotopic (exact) mass is 1150 g/mol. The van der Waals surface area contributed by atoms with Gasteiger partial charge in [-0.2, -0.15) is 4.98 Å². The number of hydrogen-bond donors (Lipinski definition) is 2. The molecule has 0 saturated carbocycles. The minimum Gasteiger partial charge on any atom is -0.497 e. The number of aromatic nitrogens is 3. The van der Waals surface area contributed by atoms with Crippen molar-refractivity contribution >= 4 is 80.6 Å². The van der Waals surface area contributed by atoms with Crippen LogP contribution in [0.25, 0.3) is 11.1 Å². The molecule has 1 saturated heterocycles. The van der Waals surface area contributed by atoms with Gasteiger partial charge in [-0.1, -0.05) is 181 Å². The molecule has 0 bridgehead atoms. The number of rotatable bonds is 21. The number of anilines is 1. The molecule has 6 aromatic carbocycles. The second-order valence-corrected chi connectivity index (χ2v) is 22.1. The number of amides is 2. The molecule has 3 atom stereocenters. The van der Waals surface area contributed by atoms with Crippen molar-refractivity contribution in [3.63, 3.8) is 0 Å². The van der Waals surface area contributed by atoms with Crippen LogP contribution in [0, 0.1) is 0 Å². The lowest BCUT2D eigenvalue weighted by Crippen LogP contribution is -2.71. The number of carbonyl (C=O) groups is 4. The summed E-state index contributed by atoms with van der Waals surface area (Å²) in [5.41, 5.74) is 5.74. The minimum atomic E-state index is -1.32. The molecule has 5 heterocycles. The van der Waals surface area contributed by atoms with Crippen LogP contribution in [-0.2, 0) is 52.7 Å². The Morgan fingerprint density at radius 3 is 2.01 bits per heavy atom. The Balaban J connectivity index is 0.897. The minimum absolute atomic E-state index is 0.0746. The summed E-state index contributed by atoms with van der Waals surface area (Å²) in [7, 11) is 3.46. The number of nitrogens with one attached hydrogen (secondary N) is 2. The van der Waals surface area contributed by atoms with Gasteiger partial charge in [0.15, 0.2) is 40.4 Å². The molecule has 3 aromatic heterocycles. The van der Waals surface area contributed by atoms with Gasteiger partial charge in [0.05, 0.1) is 7.11 Å².